The second-order valence-corrected chi connectivity index (χ2v) is 9.09. The van der Waals surface area contributed by atoms with Gasteiger partial charge in [0.15, 0.2) is 11.5 Å². The van der Waals surface area contributed by atoms with E-state index < -0.39 is 0 Å². The number of carbonyl (C=O) groups excluding carboxylic acids is 2. The lowest BCUT2D eigenvalue weighted by Crippen LogP contribution is -2.44. The molecule has 1 aliphatic heterocycles. The minimum Gasteiger partial charge on any atom is -0.348 e. The second-order valence-electron chi connectivity index (χ2n) is 9.09. The summed E-state index contributed by atoms with van der Waals surface area (Å²) < 4.78 is 0. The Morgan fingerprint density at radius 2 is 1.78 bits per heavy atom. The maximum Gasteiger partial charge on any atom is 0.273 e. The number of benzene rings is 1. The van der Waals surface area contributed by atoms with Crippen LogP contribution in [0.25, 0.3) is 0 Å². The number of rotatable bonds is 6. The molecule has 170 valence electrons. The van der Waals surface area contributed by atoms with Gasteiger partial charge in [0.25, 0.3) is 5.91 Å². The van der Waals surface area contributed by atoms with E-state index in [1.807, 2.05) is 0 Å². The third-order valence-corrected chi connectivity index (χ3v) is 6.54. The number of amides is 2. The zero-order valence-electron chi connectivity index (χ0n) is 18.8. The Balaban J connectivity index is 1.30. The van der Waals surface area contributed by atoms with Crippen LogP contribution in [0.15, 0.2) is 36.7 Å². The van der Waals surface area contributed by atoms with E-state index in [9.17, 15) is 9.59 Å². The van der Waals surface area contributed by atoms with E-state index in [1.54, 1.807) is 0 Å². The van der Waals surface area contributed by atoms with Crippen LogP contribution < -0.4 is 10.6 Å². The number of carbonyl (C=O) groups is 2. The molecule has 0 radical (unpaired) electrons. The quantitative estimate of drug-likeness (QED) is 0.722. The van der Waals surface area contributed by atoms with Crippen molar-refractivity contribution in [1.29, 1.82) is 0 Å². The highest BCUT2D eigenvalue weighted by Gasteiger charge is 2.26. The number of hydrogen-bond donors (Lipinski definition) is 2. The van der Waals surface area contributed by atoms with Crippen LogP contribution in [-0.4, -0.2) is 45.8 Å². The lowest BCUT2D eigenvalue weighted by Gasteiger charge is -2.32. The second kappa shape index (κ2) is 10.7. The fourth-order valence-corrected chi connectivity index (χ4v) is 4.74. The molecule has 2 heterocycles. The number of nitrogens with one attached hydrogen (secondary N) is 2. The van der Waals surface area contributed by atoms with Crippen LogP contribution in [0.2, 0.25) is 0 Å². The van der Waals surface area contributed by atoms with Gasteiger partial charge in [-0.3, -0.25) is 14.5 Å². The molecule has 0 unspecified atom stereocenters. The Labute approximate surface area is 190 Å². The van der Waals surface area contributed by atoms with Crippen molar-refractivity contribution in [3.05, 3.63) is 53.5 Å². The highest BCUT2D eigenvalue weighted by atomic mass is 16.2. The molecule has 2 amide bonds. The first-order chi connectivity index (χ1) is 15.6. The molecular weight excluding hydrogens is 402 g/mol. The smallest absolute Gasteiger partial charge is 0.273 e. The van der Waals surface area contributed by atoms with Crippen molar-refractivity contribution in [2.75, 3.05) is 18.4 Å². The molecule has 1 aromatic heterocycles. The van der Waals surface area contributed by atoms with Gasteiger partial charge < -0.3 is 10.6 Å². The fourth-order valence-electron chi connectivity index (χ4n) is 4.74. The van der Waals surface area contributed by atoms with Crippen LogP contribution in [0.1, 0.15) is 66.6 Å². The van der Waals surface area contributed by atoms with Crippen molar-refractivity contribution in [3.8, 4) is 0 Å². The summed E-state index contributed by atoms with van der Waals surface area (Å²) in [6.45, 7) is 4.92. The fraction of sp³-hybridized carbons (Fsp3) is 0.520. The SMILES string of the molecule is Cc1cccc(CN2CCC(NC(=O)c3nccnc3NC(=O)C3CCCCC3)CC2)c1. The third kappa shape index (κ3) is 5.91. The maximum atomic E-state index is 12.9. The lowest BCUT2D eigenvalue weighted by molar-refractivity contribution is -0.120. The van der Waals surface area contributed by atoms with Crippen LogP contribution >= 0.6 is 0 Å². The number of aromatic nitrogens is 2. The first kappa shape index (κ1) is 22.4. The number of nitrogens with zero attached hydrogens (tertiary/aromatic N) is 3. The molecule has 2 aromatic rings. The Bertz CT molecular complexity index is 933. The molecule has 0 bridgehead atoms. The van der Waals surface area contributed by atoms with E-state index in [0.717, 1.165) is 58.2 Å². The minimum absolute atomic E-state index is 0.000558. The topological polar surface area (TPSA) is 87.2 Å². The van der Waals surface area contributed by atoms with Crippen LogP contribution in [-0.2, 0) is 11.3 Å². The van der Waals surface area contributed by atoms with E-state index >= 15 is 0 Å². The molecule has 7 nitrogen and oxygen atoms in total. The third-order valence-electron chi connectivity index (χ3n) is 6.54. The van der Waals surface area contributed by atoms with Crippen molar-refractivity contribution in [1.82, 2.24) is 20.2 Å². The van der Waals surface area contributed by atoms with E-state index in [-0.39, 0.29) is 35.3 Å². The molecule has 2 fully saturated rings. The molecule has 0 atom stereocenters. The molecule has 4 rings (SSSR count). The van der Waals surface area contributed by atoms with Gasteiger partial charge in [0.05, 0.1) is 0 Å². The molecule has 1 saturated carbocycles. The zero-order valence-corrected chi connectivity index (χ0v) is 18.8. The molecular formula is C25H33N5O2. The highest BCUT2D eigenvalue weighted by molar-refractivity contribution is 6.01. The van der Waals surface area contributed by atoms with Crippen molar-refractivity contribution in [2.24, 2.45) is 5.92 Å². The van der Waals surface area contributed by atoms with Gasteiger partial charge in [0.2, 0.25) is 5.91 Å². The van der Waals surface area contributed by atoms with E-state index in [2.05, 4.69) is 56.7 Å². The van der Waals surface area contributed by atoms with Crippen LogP contribution in [0.3, 0.4) is 0 Å². The molecule has 1 saturated heterocycles. The number of anilines is 1. The molecule has 2 N–H and O–H groups in total. The van der Waals surface area contributed by atoms with Gasteiger partial charge in [-0.2, -0.15) is 0 Å². The summed E-state index contributed by atoms with van der Waals surface area (Å²) in [5.41, 5.74) is 2.80. The molecule has 7 heteroatoms. The standard InChI is InChI=1S/C25H33N5O2/c1-18-6-5-7-19(16-18)17-30-14-10-21(11-15-30)28-25(32)22-23(27-13-12-26-22)29-24(31)20-8-3-2-4-9-20/h5-7,12-13,16,20-21H,2-4,8-11,14-15,17H2,1H3,(H,28,32)(H,27,29,31). The van der Waals surface area contributed by atoms with E-state index in [0.29, 0.717) is 0 Å². The number of likely N-dealkylation sites (tertiary alicyclic amines) is 1. The lowest BCUT2D eigenvalue weighted by atomic mass is 9.89. The molecule has 1 aromatic carbocycles. The van der Waals surface area contributed by atoms with Gasteiger partial charge in [-0.05, 0) is 38.2 Å². The van der Waals surface area contributed by atoms with Crippen LogP contribution in [0, 0.1) is 12.8 Å². The van der Waals surface area contributed by atoms with E-state index in [1.165, 1.54) is 29.9 Å². The highest BCUT2D eigenvalue weighted by Crippen LogP contribution is 2.25. The largest absolute Gasteiger partial charge is 0.348 e. The summed E-state index contributed by atoms with van der Waals surface area (Å²) in [5, 5.41) is 5.96. The Hall–Kier alpha value is -2.80. The summed E-state index contributed by atoms with van der Waals surface area (Å²) in [6, 6.07) is 8.70. The van der Waals surface area contributed by atoms with Gasteiger partial charge in [-0.25, -0.2) is 9.97 Å². The molecule has 0 spiro atoms. The zero-order chi connectivity index (χ0) is 22.3. The summed E-state index contributed by atoms with van der Waals surface area (Å²) >= 11 is 0. The normalized spacial score (nSPS) is 18.3. The number of aryl methyl sites for hydroxylation is 1. The van der Waals surface area contributed by atoms with Crippen LogP contribution in [0.5, 0.6) is 0 Å². The van der Waals surface area contributed by atoms with Crippen LogP contribution in [0.4, 0.5) is 5.82 Å². The van der Waals surface area contributed by atoms with Gasteiger partial charge >= 0.3 is 0 Å². The summed E-state index contributed by atoms with van der Waals surface area (Å²) in [6.07, 6.45) is 9.93. The van der Waals surface area contributed by atoms with Crippen molar-refractivity contribution in [2.45, 2.75) is 64.5 Å². The Morgan fingerprint density at radius 3 is 2.53 bits per heavy atom. The molecule has 32 heavy (non-hydrogen) atoms. The predicted molar refractivity (Wildman–Crippen MR) is 124 cm³/mol. The number of piperidine rings is 1. The monoisotopic (exact) mass is 435 g/mol. The summed E-state index contributed by atoms with van der Waals surface area (Å²) in [7, 11) is 0. The number of hydrogen-bond acceptors (Lipinski definition) is 5. The average Bonchev–Trinajstić information content (AvgIpc) is 2.81. The van der Waals surface area contributed by atoms with Crippen molar-refractivity contribution in [3.63, 3.8) is 0 Å². The van der Waals surface area contributed by atoms with Gasteiger partial charge in [-0.1, -0.05) is 49.1 Å². The van der Waals surface area contributed by atoms with Crippen molar-refractivity contribution < 1.29 is 9.59 Å². The molecule has 1 aliphatic carbocycles. The first-order valence-corrected chi connectivity index (χ1v) is 11.8. The summed E-state index contributed by atoms with van der Waals surface area (Å²) in [4.78, 5) is 36.4. The van der Waals surface area contributed by atoms with Gasteiger partial charge in [0, 0.05) is 44.0 Å². The maximum absolute atomic E-state index is 12.9. The van der Waals surface area contributed by atoms with Gasteiger partial charge in [-0.15, -0.1) is 0 Å². The Kier molecular flexibility index (Phi) is 7.47. The minimum atomic E-state index is -0.269. The predicted octanol–water partition coefficient (Wildman–Crippen LogP) is 3.70. The average molecular weight is 436 g/mol. The molecule has 2 aliphatic rings. The Morgan fingerprint density at radius 1 is 1.03 bits per heavy atom. The van der Waals surface area contributed by atoms with Crippen molar-refractivity contribution >= 4 is 17.6 Å². The summed E-state index contributed by atoms with van der Waals surface area (Å²) in [5.74, 6) is -0.0604. The van der Waals surface area contributed by atoms with Gasteiger partial charge in [0.1, 0.15) is 0 Å². The first-order valence-electron chi connectivity index (χ1n) is 11.8. The van der Waals surface area contributed by atoms with E-state index in [4.69, 9.17) is 0 Å².